The average Bonchev–Trinajstić information content (AvgIpc) is 3.00. The highest BCUT2D eigenvalue weighted by molar-refractivity contribution is 6.32. The highest BCUT2D eigenvalue weighted by Gasteiger charge is 2.28. The van der Waals surface area contributed by atoms with Crippen molar-refractivity contribution in [2.45, 2.75) is 32.2 Å². The van der Waals surface area contributed by atoms with Crippen molar-refractivity contribution in [3.8, 4) is 5.75 Å². The zero-order chi connectivity index (χ0) is 24.2. The average molecular weight is 486 g/mol. The van der Waals surface area contributed by atoms with Crippen LogP contribution in [0.5, 0.6) is 5.75 Å². The molecular formula is C25H25ClFN3O4. The minimum atomic E-state index is -0.505. The zero-order valence-electron chi connectivity index (χ0n) is 18.7. The number of halogens is 2. The molecule has 1 aliphatic rings. The summed E-state index contributed by atoms with van der Waals surface area (Å²) in [5, 5.41) is 9.56. The van der Waals surface area contributed by atoms with Crippen LogP contribution in [0.25, 0.3) is 0 Å². The summed E-state index contributed by atoms with van der Waals surface area (Å²) in [5.74, 6) is 0.431. The molecule has 0 spiro atoms. The van der Waals surface area contributed by atoms with E-state index in [1.807, 2.05) is 0 Å². The van der Waals surface area contributed by atoms with Gasteiger partial charge in [0.25, 0.3) is 5.56 Å². The number of aliphatic hydroxyl groups is 1. The van der Waals surface area contributed by atoms with Crippen LogP contribution >= 0.6 is 11.6 Å². The molecule has 34 heavy (non-hydrogen) atoms. The third-order valence-corrected chi connectivity index (χ3v) is 6.22. The lowest BCUT2D eigenvalue weighted by atomic mass is 9.93. The van der Waals surface area contributed by atoms with Crippen LogP contribution < -0.4 is 16.0 Å². The molecule has 0 radical (unpaired) electrons. The number of benzene rings is 2. The Morgan fingerprint density at radius 1 is 1.18 bits per heavy atom. The van der Waals surface area contributed by atoms with E-state index in [-0.39, 0.29) is 30.7 Å². The highest BCUT2D eigenvalue weighted by Crippen LogP contribution is 2.30. The van der Waals surface area contributed by atoms with Crippen molar-refractivity contribution >= 4 is 23.3 Å². The van der Waals surface area contributed by atoms with Crippen LogP contribution in [0.3, 0.4) is 0 Å². The number of nitrogens with zero attached hydrogens (tertiary/aromatic N) is 3. The van der Waals surface area contributed by atoms with E-state index in [2.05, 4.69) is 4.99 Å². The minimum Gasteiger partial charge on any atom is -0.441 e. The number of hydrogen-bond donors (Lipinski definition) is 1. The van der Waals surface area contributed by atoms with Crippen molar-refractivity contribution in [1.82, 2.24) is 9.13 Å². The number of hydrogen-bond acceptors (Lipinski definition) is 5. The van der Waals surface area contributed by atoms with Gasteiger partial charge in [0.15, 0.2) is 5.90 Å². The summed E-state index contributed by atoms with van der Waals surface area (Å²) in [7, 11) is 1.56. The second-order valence-electron chi connectivity index (χ2n) is 8.23. The van der Waals surface area contributed by atoms with Gasteiger partial charge in [0.2, 0.25) is 0 Å². The molecule has 1 N–H and O–H groups in total. The van der Waals surface area contributed by atoms with Crippen molar-refractivity contribution in [2.24, 2.45) is 18.0 Å². The molecule has 1 atom stereocenters. The summed E-state index contributed by atoms with van der Waals surface area (Å²) in [6.45, 7) is 0.00138. The molecule has 2 aromatic carbocycles. The van der Waals surface area contributed by atoms with Gasteiger partial charge >= 0.3 is 5.69 Å². The Labute approximate surface area is 200 Å². The third-order valence-electron chi connectivity index (χ3n) is 5.90. The van der Waals surface area contributed by atoms with Crippen LogP contribution in [0.1, 0.15) is 24.0 Å². The molecule has 9 heteroatoms. The molecule has 4 rings (SSSR count). The van der Waals surface area contributed by atoms with Crippen LogP contribution in [-0.4, -0.2) is 26.7 Å². The molecule has 1 aliphatic heterocycles. The smallest absolute Gasteiger partial charge is 0.332 e. The summed E-state index contributed by atoms with van der Waals surface area (Å²) >= 11 is 6.31. The Kier molecular flexibility index (Phi) is 7.29. The van der Waals surface area contributed by atoms with E-state index in [4.69, 9.17) is 21.4 Å². The number of para-hydroxylation sites is 1. The zero-order valence-corrected chi connectivity index (χ0v) is 19.5. The van der Waals surface area contributed by atoms with Gasteiger partial charge in [0, 0.05) is 26.1 Å². The van der Waals surface area contributed by atoms with Gasteiger partial charge < -0.3 is 9.84 Å². The summed E-state index contributed by atoms with van der Waals surface area (Å²) < 4.78 is 22.0. The first-order valence-corrected chi connectivity index (χ1v) is 11.5. The molecule has 0 bridgehead atoms. The molecule has 1 unspecified atom stereocenters. The number of aromatic nitrogens is 2. The van der Waals surface area contributed by atoms with Crippen molar-refractivity contribution in [3.63, 3.8) is 0 Å². The predicted octanol–water partition coefficient (Wildman–Crippen LogP) is 3.64. The second-order valence-corrected chi connectivity index (χ2v) is 8.63. The van der Waals surface area contributed by atoms with Crippen molar-refractivity contribution < 1.29 is 14.2 Å². The number of fused-ring (bicyclic) bond motifs is 1. The first-order valence-electron chi connectivity index (χ1n) is 11.1. The lowest BCUT2D eigenvalue weighted by Gasteiger charge is -2.18. The summed E-state index contributed by atoms with van der Waals surface area (Å²) in [6, 6.07) is 13.2. The normalized spacial score (nSPS) is 15.4. The Bertz CT molecular complexity index is 1330. The quantitative estimate of drug-likeness (QED) is 0.577. The fourth-order valence-corrected chi connectivity index (χ4v) is 4.26. The van der Waals surface area contributed by atoms with E-state index in [0.717, 1.165) is 10.1 Å². The summed E-state index contributed by atoms with van der Waals surface area (Å²) in [4.78, 5) is 30.7. The maximum atomic E-state index is 13.4. The minimum absolute atomic E-state index is 0.125. The maximum Gasteiger partial charge on any atom is 0.332 e. The van der Waals surface area contributed by atoms with Crippen LogP contribution in [0.2, 0.25) is 5.02 Å². The SMILES string of the molecule is Cn1c2c(c(=O)n(CCCO)c1=O)CCC(Cc1ccc(F)cc1)C(Oc1ccccc1Cl)=N2. The maximum absolute atomic E-state index is 13.4. The molecule has 0 saturated heterocycles. The van der Waals surface area contributed by atoms with Crippen molar-refractivity contribution in [2.75, 3.05) is 6.61 Å². The van der Waals surface area contributed by atoms with Crippen LogP contribution in [0, 0.1) is 11.7 Å². The molecule has 1 aromatic heterocycles. The standard InChI is InChI=1S/C25H25ClFN3O4/c1-29-22-19(24(32)30(25(29)33)13-4-14-31)12-9-17(15-16-7-10-18(27)11-8-16)23(28-22)34-21-6-3-2-5-20(21)26/h2-3,5-8,10-11,17,31H,4,9,12-15H2,1H3. The fraction of sp³-hybridized carbons (Fsp3) is 0.320. The first-order chi connectivity index (χ1) is 16.4. The number of rotatable bonds is 6. The third kappa shape index (κ3) is 4.98. The topological polar surface area (TPSA) is 85.8 Å². The largest absolute Gasteiger partial charge is 0.441 e. The molecule has 3 aromatic rings. The Morgan fingerprint density at radius 2 is 1.91 bits per heavy atom. The first kappa shape index (κ1) is 23.9. The summed E-state index contributed by atoms with van der Waals surface area (Å²) in [6.07, 6.45) is 1.71. The Morgan fingerprint density at radius 3 is 2.62 bits per heavy atom. The second kappa shape index (κ2) is 10.4. The van der Waals surface area contributed by atoms with E-state index in [0.29, 0.717) is 47.9 Å². The number of aliphatic hydroxyl groups excluding tert-OH is 1. The van der Waals surface area contributed by atoms with E-state index in [9.17, 15) is 14.0 Å². The van der Waals surface area contributed by atoms with Gasteiger partial charge in [-0.2, -0.15) is 4.99 Å². The highest BCUT2D eigenvalue weighted by atomic mass is 35.5. The van der Waals surface area contributed by atoms with E-state index in [1.165, 1.54) is 16.7 Å². The van der Waals surface area contributed by atoms with E-state index in [1.54, 1.807) is 43.4 Å². The lowest BCUT2D eigenvalue weighted by Crippen LogP contribution is -2.41. The predicted molar refractivity (Wildman–Crippen MR) is 129 cm³/mol. The Hall–Kier alpha value is -3.23. The van der Waals surface area contributed by atoms with Gasteiger partial charge in [-0.15, -0.1) is 0 Å². The molecule has 0 amide bonds. The molecule has 7 nitrogen and oxygen atoms in total. The number of aliphatic imine (C=N–C) groups is 1. The van der Waals surface area contributed by atoms with Crippen LogP contribution in [-0.2, 0) is 26.4 Å². The molecule has 0 saturated carbocycles. The van der Waals surface area contributed by atoms with Crippen molar-refractivity contribution in [1.29, 1.82) is 0 Å². The fourth-order valence-electron chi connectivity index (χ4n) is 4.09. The van der Waals surface area contributed by atoms with E-state index >= 15 is 0 Å². The molecular weight excluding hydrogens is 461 g/mol. The lowest BCUT2D eigenvalue weighted by molar-refractivity contribution is 0.277. The van der Waals surface area contributed by atoms with Gasteiger partial charge in [0.1, 0.15) is 17.4 Å². The summed E-state index contributed by atoms with van der Waals surface area (Å²) in [5.41, 5.74) is 0.397. The van der Waals surface area contributed by atoms with Crippen molar-refractivity contribution in [3.05, 3.63) is 91.3 Å². The van der Waals surface area contributed by atoms with E-state index < -0.39 is 11.2 Å². The Balaban J connectivity index is 1.80. The van der Waals surface area contributed by atoms with Crippen LogP contribution in [0.15, 0.2) is 63.1 Å². The number of ether oxygens (including phenoxy) is 1. The van der Waals surface area contributed by atoms with Gasteiger partial charge in [-0.3, -0.25) is 13.9 Å². The molecule has 0 fully saturated rings. The molecule has 0 aliphatic carbocycles. The van der Waals surface area contributed by atoms with Crippen LogP contribution in [0.4, 0.5) is 10.2 Å². The van der Waals surface area contributed by atoms with Gasteiger partial charge in [-0.25, -0.2) is 9.18 Å². The molecule has 2 heterocycles. The monoisotopic (exact) mass is 485 g/mol. The van der Waals surface area contributed by atoms with Gasteiger partial charge in [-0.1, -0.05) is 35.9 Å². The van der Waals surface area contributed by atoms with Gasteiger partial charge in [0.05, 0.1) is 10.6 Å². The van der Waals surface area contributed by atoms with Gasteiger partial charge in [-0.05, 0) is 55.5 Å². The molecule has 178 valence electrons.